The molecule has 1 aliphatic heterocycles. The third kappa shape index (κ3) is 4.79. The molecule has 13 rings (SSSR count). The van der Waals surface area contributed by atoms with Gasteiger partial charge in [-0.25, -0.2) is 4.98 Å². The molecule has 306 valence electrons. The number of rotatable bonds is 3. The highest BCUT2D eigenvalue weighted by atomic mass is 15.3. The molecule has 4 heteroatoms. The van der Waals surface area contributed by atoms with Gasteiger partial charge < -0.3 is 14.8 Å². The van der Waals surface area contributed by atoms with Crippen molar-refractivity contribution in [2.75, 3.05) is 17.3 Å². The molecule has 4 unspecified atom stereocenters. The van der Waals surface area contributed by atoms with Crippen molar-refractivity contribution in [3.63, 3.8) is 0 Å². The second-order valence-electron chi connectivity index (χ2n) is 18.9. The first-order valence-electron chi connectivity index (χ1n) is 22.8. The third-order valence-electron chi connectivity index (χ3n) is 15.7. The molecule has 2 heterocycles. The molecule has 5 aliphatic rings. The third-order valence-corrected chi connectivity index (χ3v) is 15.7. The Morgan fingerprint density at radius 1 is 0.635 bits per heavy atom. The number of nitrogens with one attached hydrogen (secondary N) is 1. The SMILES string of the molecule is Cc1nc2c(n1C)C(C)C(C1=CC(C)Cc3c1cc1c(-c4ccc5c(c4)N(C)C(C)N5)cccc1c3-c1cccc3c1-c1ccccc1C31c3ccccc3-c3ccccc31)C=C2. The molecular weight excluding hydrogens is 765 g/mol. The molecule has 63 heavy (non-hydrogen) atoms. The Balaban J connectivity index is 1.12. The molecule has 0 fully saturated rings. The molecule has 0 radical (unpaired) electrons. The normalized spacial score (nSPS) is 20.4. The fraction of sp³-hybridized carbons (Fsp3) is 0.203. The summed E-state index contributed by atoms with van der Waals surface area (Å²) >= 11 is 0. The Hall–Kier alpha value is -6.91. The van der Waals surface area contributed by atoms with Gasteiger partial charge in [-0.05, 0) is 145 Å². The van der Waals surface area contributed by atoms with E-state index in [2.05, 4.69) is 208 Å². The summed E-state index contributed by atoms with van der Waals surface area (Å²) in [5.41, 5.74) is 24.8. The molecule has 4 atom stereocenters. The predicted molar refractivity (Wildman–Crippen MR) is 262 cm³/mol. The Morgan fingerprint density at radius 3 is 2.05 bits per heavy atom. The number of benzene rings is 7. The summed E-state index contributed by atoms with van der Waals surface area (Å²) in [6.07, 6.45) is 8.56. The van der Waals surface area contributed by atoms with Crippen LogP contribution in [0.2, 0.25) is 0 Å². The predicted octanol–water partition coefficient (Wildman–Crippen LogP) is 13.8. The van der Waals surface area contributed by atoms with Crippen LogP contribution in [0.15, 0.2) is 146 Å². The molecule has 4 aliphatic carbocycles. The van der Waals surface area contributed by atoms with E-state index in [1.807, 2.05) is 0 Å². The summed E-state index contributed by atoms with van der Waals surface area (Å²) in [7, 11) is 4.38. The van der Waals surface area contributed by atoms with Crippen molar-refractivity contribution in [2.24, 2.45) is 18.9 Å². The lowest BCUT2D eigenvalue weighted by atomic mass is 9.69. The van der Waals surface area contributed by atoms with Crippen LogP contribution in [0.5, 0.6) is 0 Å². The van der Waals surface area contributed by atoms with Gasteiger partial charge in [0, 0.05) is 31.6 Å². The minimum absolute atomic E-state index is 0.212. The molecule has 1 N–H and O–H groups in total. The number of imidazole rings is 1. The Bertz CT molecular complexity index is 3310. The molecule has 1 aromatic heterocycles. The lowest BCUT2D eigenvalue weighted by Crippen LogP contribution is -2.28. The minimum Gasteiger partial charge on any atom is -0.364 e. The molecule has 1 spiro atoms. The number of allylic oxidation sites excluding steroid dienone is 3. The highest BCUT2D eigenvalue weighted by molar-refractivity contribution is 6.12. The van der Waals surface area contributed by atoms with Gasteiger partial charge in [-0.15, -0.1) is 0 Å². The number of hydrogen-bond donors (Lipinski definition) is 1. The standard InChI is InChI=1S/C59H50N4/c1-33-29-45(38-26-28-54-58(34(38)2)63(6)36(4)61-54)47-32-46-39(37-25-27-53-55(31-37)62(5)35(3)60-53)18-13-19-42(46)56(48(47)30-33)44-20-14-24-52-57(44)43-17-9-12-23-51(43)59(52)49-21-10-7-15-40(49)41-16-8-11-22-50(41)59/h7-29,31-35,38,60H,30H2,1-6H3. The van der Waals surface area contributed by atoms with Gasteiger partial charge in [0.25, 0.3) is 0 Å². The van der Waals surface area contributed by atoms with Crippen molar-refractivity contribution in [1.29, 1.82) is 0 Å². The van der Waals surface area contributed by atoms with E-state index in [1.165, 1.54) is 111 Å². The maximum absolute atomic E-state index is 4.97. The van der Waals surface area contributed by atoms with Crippen LogP contribution in [0.25, 0.3) is 66.9 Å². The van der Waals surface area contributed by atoms with Crippen molar-refractivity contribution in [1.82, 2.24) is 9.55 Å². The Kier molecular flexibility index (Phi) is 7.61. The van der Waals surface area contributed by atoms with E-state index in [0.29, 0.717) is 5.92 Å². The van der Waals surface area contributed by atoms with Gasteiger partial charge in [-0.1, -0.05) is 141 Å². The summed E-state index contributed by atoms with van der Waals surface area (Å²) in [5, 5.41) is 6.28. The second kappa shape index (κ2) is 13.1. The number of aryl methyl sites for hydroxylation is 1. The minimum atomic E-state index is -0.411. The Morgan fingerprint density at radius 2 is 1.29 bits per heavy atom. The molecule has 4 nitrogen and oxygen atoms in total. The number of aromatic nitrogens is 2. The fourth-order valence-corrected chi connectivity index (χ4v) is 12.8. The monoisotopic (exact) mass is 814 g/mol. The molecule has 0 saturated carbocycles. The smallest absolute Gasteiger partial charge is 0.106 e. The van der Waals surface area contributed by atoms with Crippen LogP contribution in [0.4, 0.5) is 11.4 Å². The van der Waals surface area contributed by atoms with Gasteiger partial charge in [0.1, 0.15) is 5.82 Å². The molecule has 8 aromatic rings. The van der Waals surface area contributed by atoms with E-state index in [4.69, 9.17) is 4.98 Å². The van der Waals surface area contributed by atoms with E-state index < -0.39 is 5.41 Å². The Labute approximate surface area is 370 Å². The van der Waals surface area contributed by atoms with Gasteiger partial charge in [0.2, 0.25) is 0 Å². The highest BCUT2D eigenvalue weighted by Crippen LogP contribution is 2.64. The van der Waals surface area contributed by atoms with Crippen molar-refractivity contribution in [2.45, 2.75) is 51.6 Å². The van der Waals surface area contributed by atoms with E-state index in [9.17, 15) is 0 Å². The quantitative estimate of drug-likeness (QED) is 0.193. The molecule has 0 bridgehead atoms. The summed E-state index contributed by atoms with van der Waals surface area (Å²) in [4.78, 5) is 7.33. The number of hydrogen-bond acceptors (Lipinski definition) is 3. The van der Waals surface area contributed by atoms with E-state index in [-0.39, 0.29) is 18.0 Å². The summed E-state index contributed by atoms with van der Waals surface area (Å²) in [6, 6.07) is 51.4. The van der Waals surface area contributed by atoms with Crippen LogP contribution in [-0.4, -0.2) is 22.8 Å². The second-order valence-corrected chi connectivity index (χ2v) is 18.9. The molecule has 0 saturated heterocycles. The van der Waals surface area contributed by atoms with Gasteiger partial charge in [-0.3, -0.25) is 0 Å². The molecular formula is C59H50N4. The van der Waals surface area contributed by atoms with Crippen LogP contribution in [-0.2, 0) is 18.9 Å². The largest absolute Gasteiger partial charge is 0.364 e. The van der Waals surface area contributed by atoms with E-state index in [0.717, 1.165) is 17.9 Å². The maximum atomic E-state index is 4.97. The van der Waals surface area contributed by atoms with E-state index in [1.54, 1.807) is 0 Å². The van der Waals surface area contributed by atoms with E-state index >= 15 is 0 Å². The maximum Gasteiger partial charge on any atom is 0.106 e. The van der Waals surface area contributed by atoms with Crippen molar-refractivity contribution < 1.29 is 0 Å². The average molecular weight is 815 g/mol. The molecule has 7 aromatic carbocycles. The zero-order chi connectivity index (χ0) is 42.5. The van der Waals surface area contributed by atoms with Crippen LogP contribution >= 0.6 is 0 Å². The molecule has 0 amide bonds. The van der Waals surface area contributed by atoms with Crippen molar-refractivity contribution in [3.05, 3.63) is 196 Å². The zero-order valence-corrected chi connectivity index (χ0v) is 36.8. The van der Waals surface area contributed by atoms with Gasteiger partial charge >= 0.3 is 0 Å². The van der Waals surface area contributed by atoms with Crippen LogP contribution in [0, 0.1) is 18.8 Å². The number of fused-ring (bicyclic) bond motifs is 14. The first kappa shape index (κ1) is 36.7. The van der Waals surface area contributed by atoms with Crippen molar-refractivity contribution >= 4 is 33.8 Å². The summed E-state index contributed by atoms with van der Waals surface area (Å²) in [5.74, 6) is 1.92. The van der Waals surface area contributed by atoms with Gasteiger partial charge in [0.05, 0.1) is 28.6 Å². The highest BCUT2D eigenvalue weighted by Gasteiger charge is 2.52. The zero-order valence-electron chi connectivity index (χ0n) is 36.8. The first-order chi connectivity index (χ1) is 30.7. The van der Waals surface area contributed by atoms with Gasteiger partial charge in [-0.2, -0.15) is 0 Å². The lowest BCUT2D eigenvalue weighted by Gasteiger charge is -2.34. The first-order valence-corrected chi connectivity index (χ1v) is 22.8. The number of anilines is 2. The topological polar surface area (TPSA) is 33.1 Å². The number of nitrogens with zero attached hydrogens (tertiary/aromatic N) is 3. The van der Waals surface area contributed by atoms with Crippen molar-refractivity contribution in [3.8, 4) is 44.5 Å². The van der Waals surface area contributed by atoms with Crippen LogP contribution in [0.1, 0.15) is 77.3 Å². The van der Waals surface area contributed by atoms with Gasteiger partial charge in [0.15, 0.2) is 0 Å². The average Bonchev–Trinajstić information content (AvgIpc) is 3.98. The lowest BCUT2D eigenvalue weighted by molar-refractivity contribution is 0.593. The summed E-state index contributed by atoms with van der Waals surface area (Å²) < 4.78 is 2.31. The summed E-state index contributed by atoms with van der Waals surface area (Å²) in [6.45, 7) is 9.19. The van der Waals surface area contributed by atoms with Crippen LogP contribution < -0.4 is 10.2 Å². The van der Waals surface area contributed by atoms with Crippen LogP contribution in [0.3, 0.4) is 0 Å². The fourth-order valence-electron chi connectivity index (χ4n) is 12.8.